The first-order valence-corrected chi connectivity index (χ1v) is 12.5. The number of anilines is 3. The molecule has 0 saturated carbocycles. The molecule has 4 amide bonds. The molecule has 198 valence electrons. The number of hydrogen-bond donors (Lipinski definition) is 3. The Kier molecular flexibility index (Phi) is 8.92. The number of phenolic OH excluding ortho intramolecular Hbond substituents is 1. The lowest BCUT2D eigenvalue weighted by Gasteiger charge is -2.25. The van der Waals surface area contributed by atoms with Crippen molar-refractivity contribution >= 4 is 34.9 Å². The molecule has 4 aromatic rings. The molecule has 0 aliphatic carbocycles. The number of likely N-dealkylation sites (N-methyl/N-ethyl adjacent to an activating group) is 1. The van der Waals surface area contributed by atoms with Gasteiger partial charge in [0.05, 0.1) is 6.54 Å². The van der Waals surface area contributed by atoms with Gasteiger partial charge < -0.3 is 25.5 Å². The van der Waals surface area contributed by atoms with Gasteiger partial charge in [0.15, 0.2) is 0 Å². The number of carbonyl (C=O) groups is 3. The number of hydrogen-bond acceptors (Lipinski definition) is 4. The molecule has 0 heterocycles. The fourth-order valence-corrected chi connectivity index (χ4v) is 4.00. The molecule has 39 heavy (non-hydrogen) atoms. The molecule has 0 bridgehead atoms. The van der Waals surface area contributed by atoms with Gasteiger partial charge in [0.25, 0.3) is 0 Å². The molecule has 0 saturated heterocycles. The second kappa shape index (κ2) is 12.9. The van der Waals surface area contributed by atoms with Crippen LogP contribution in [-0.4, -0.2) is 43.1 Å². The highest BCUT2D eigenvalue weighted by Crippen LogP contribution is 2.18. The van der Waals surface area contributed by atoms with Gasteiger partial charge in [0.2, 0.25) is 11.8 Å². The number of phenols is 1. The van der Waals surface area contributed by atoms with Crippen molar-refractivity contribution in [3.05, 3.63) is 120 Å². The summed E-state index contributed by atoms with van der Waals surface area (Å²) in [6, 6.07) is 31.9. The second-order valence-corrected chi connectivity index (χ2v) is 8.96. The summed E-state index contributed by atoms with van der Waals surface area (Å²) < 4.78 is 0. The van der Waals surface area contributed by atoms with Gasteiger partial charge in [0.1, 0.15) is 12.3 Å². The summed E-state index contributed by atoms with van der Waals surface area (Å²) >= 11 is 0. The Morgan fingerprint density at radius 3 is 2.00 bits per heavy atom. The van der Waals surface area contributed by atoms with Crippen molar-refractivity contribution in [2.75, 3.05) is 35.3 Å². The molecule has 0 radical (unpaired) electrons. The molecule has 3 N–H and O–H groups in total. The van der Waals surface area contributed by atoms with Crippen LogP contribution < -0.4 is 20.4 Å². The fraction of sp³-hybridized carbons (Fsp3) is 0.129. The first-order chi connectivity index (χ1) is 18.9. The lowest BCUT2D eigenvalue weighted by molar-refractivity contribution is -0.121. The molecule has 0 spiro atoms. The topological polar surface area (TPSA) is 102 Å². The third kappa shape index (κ3) is 7.69. The number of rotatable bonds is 9. The van der Waals surface area contributed by atoms with Crippen LogP contribution in [-0.2, 0) is 16.0 Å². The zero-order valence-corrected chi connectivity index (χ0v) is 21.6. The second-order valence-electron chi connectivity index (χ2n) is 8.96. The number of carbonyl (C=O) groups excluding carboxylic acids is 3. The summed E-state index contributed by atoms with van der Waals surface area (Å²) in [5.41, 5.74) is 3.84. The van der Waals surface area contributed by atoms with Gasteiger partial charge in [-0.3, -0.25) is 9.59 Å². The quantitative estimate of drug-likeness (QED) is 0.294. The van der Waals surface area contributed by atoms with Crippen molar-refractivity contribution in [1.29, 1.82) is 0 Å². The molecular formula is C31H30N4O4. The Hall–Kier alpha value is -5.11. The Labute approximate surface area is 227 Å². The van der Waals surface area contributed by atoms with Gasteiger partial charge in [-0.15, -0.1) is 0 Å². The van der Waals surface area contributed by atoms with Gasteiger partial charge >= 0.3 is 6.03 Å². The van der Waals surface area contributed by atoms with Gasteiger partial charge in [-0.2, -0.15) is 0 Å². The SMILES string of the molecule is CN(C(=O)CN(C(=O)CNC(=O)Nc1ccc(Cc2cccc(O)c2)cc1)c1ccccc1)c1ccccc1. The first-order valence-electron chi connectivity index (χ1n) is 12.5. The highest BCUT2D eigenvalue weighted by molar-refractivity contribution is 6.05. The van der Waals surface area contributed by atoms with E-state index >= 15 is 0 Å². The van der Waals surface area contributed by atoms with Crippen LogP contribution in [0.25, 0.3) is 0 Å². The largest absolute Gasteiger partial charge is 0.508 e. The normalized spacial score (nSPS) is 10.4. The molecule has 8 nitrogen and oxygen atoms in total. The summed E-state index contributed by atoms with van der Waals surface area (Å²) in [5.74, 6) is -0.475. The molecule has 0 aliphatic heterocycles. The highest BCUT2D eigenvalue weighted by Gasteiger charge is 2.22. The van der Waals surface area contributed by atoms with Crippen LogP contribution in [0, 0.1) is 0 Å². The van der Waals surface area contributed by atoms with E-state index < -0.39 is 11.9 Å². The fourth-order valence-electron chi connectivity index (χ4n) is 4.00. The number of aromatic hydroxyl groups is 1. The van der Waals surface area contributed by atoms with Crippen molar-refractivity contribution in [2.45, 2.75) is 6.42 Å². The predicted molar refractivity (Wildman–Crippen MR) is 153 cm³/mol. The van der Waals surface area contributed by atoms with Crippen molar-refractivity contribution in [2.24, 2.45) is 0 Å². The van der Waals surface area contributed by atoms with Crippen LogP contribution in [0.3, 0.4) is 0 Å². The molecule has 0 fully saturated rings. The zero-order valence-electron chi connectivity index (χ0n) is 21.6. The van der Waals surface area contributed by atoms with E-state index in [0.29, 0.717) is 23.5 Å². The summed E-state index contributed by atoms with van der Waals surface area (Å²) in [4.78, 5) is 41.5. The van der Waals surface area contributed by atoms with Gasteiger partial charge in [-0.05, 0) is 66.1 Å². The Morgan fingerprint density at radius 2 is 1.36 bits per heavy atom. The monoisotopic (exact) mass is 522 g/mol. The molecule has 4 rings (SSSR count). The summed E-state index contributed by atoms with van der Waals surface area (Å²) in [6.07, 6.45) is 0.642. The lowest BCUT2D eigenvalue weighted by Crippen LogP contribution is -2.46. The van der Waals surface area contributed by atoms with Gasteiger partial charge in [-0.1, -0.05) is 60.7 Å². The van der Waals surface area contributed by atoms with Crippen molar-refractivity contribution < 1.29 is 19.5 Å². The summed E-state index contributed by atoms with van der Waals surface area (Å²) in [7, 11) is 1.66. The van der Waals surface area contributed by atoms with E-state index in [1.54, 1.807) is 61.6 Å². The van der Waals surface area contributed by atoms with Crippen molar-refractivity contribution in [1.82, 2.24) is 5.32 Å². The standard InChI is InChI=1S/C31H30N4O4/c1-34(26-10-4-2-5-11-26)30(38)22-35(27-12-6-3-7-13-27)29(37)21-32-31(39)33-25-17-15-23(16-18-25)19-24-9-8-14-28(36)20-24/h2-18,20,36H,19,21-22H2,1H3,(H2,32,33,39). The van der Waals surface area contributed by atoms with Crippen LogP contribution in [0.15, 0.2) is 109 Å². The van der Waals surface area contributed by atoms with Crippen molar-refractivity contribution in [3.8, 4) is 5.75 Å². The minimum Gasteiger partial charge on any atom is -0.508 e. The van der Waals surface area contributed by atoms with Gasteiger partial charge in [0, 0.05) is 24.1 Å². The number of urea groups is 1. The van der Waals surface area contributed by atoms with Crippen LogP contribution in [0.5, 0.6) is 5.75 Å². The maximum Gasteiger partial charge on any atom is 0.319 e. The van der Waals surface area contributed by atoms with E-state index in [-0.39, 0.29) is 24.7 Å². The van der Waals surface area contributed by atoms with E-state index in [0.717, 1.165) is 11.1 Å². The lowest BCUT2D eigenvalue weighted by atomic mass is 10.0. The maximum atomic E-state index is 13.1. The summed E-state index contributed by atoms with van der Waals surface area (Å²) in [6.45, 7) is -0.475. The average molecular weight is 523 g/mol. The van der Waals surface area contributed by atoms with E-state index in [1.165, 1.54) is 9.80 Å². The minimum absolute atomic E-state index is 0.182. The highest BCUT2D eigenvalue weighted by atomic mass is 16.3. The average Bonchev–Trinajstić information content (AvgIpc) is 2.96. The van der Waals surface area contributed by atoms with E-state index in [2.05, 4.69) is 10.6 Å². The predicted octanol–water partition coefficient (Wildman–Crippen LogP) is 4.80. The van der Waals surface area contributed by atoms with E-state index in [1.807, 2.05) is 54.6 Å². The summed E-state index contributed by atoms with van der Waals surface area (Å²) in [5, 5.41) is 14.9. The number of nitrogens with zero attached hydrogens (tertiary/aromatic N) is 2. The molecule has 0 unspecified atom stereocenters. The molecule has 0 aliphatic rings. The van der Waals surface area contributed by atoms with Crippen LogP contribution >= 0.6 is 0 Å². The number of para-hydroxylation sites is 2. The third-order valence-electron chi connectivity index (χ3n) is 6.11. The Bertz CT molecular complexity index is 1410. The molecular weight excluding hydrogens is 492 g/mol. The van der Waals surface area contributed by atoms with Crippen LogP contribution in [0.1, 0.15) is 11.1 Å². The van der Waals surface area contributed by atoms with E-state index in [4.69, 9.17) is 0 Å². The number of amides is 4. The molecule has 4 aromatic carbocycles. The van der Waals surface area contributed by atoms with E-state index in [9.17, 15) is 19.5 Å². The minimum atomic E-state index is -0.537. The van der Waals surface area contributed by atoms with Gasteiger partial charge in [-0.25, -0.2) is 4.79 Å². The molecule has 0 atom stereocenters. The first kappa shape index (κ1) is 26.9. The smallest absolute Gasteiger partial charge is 0.319 e. The van der Waals surface area contributed by atoms with Crippen molar-refractivity contribution in [3.63, 3.8) is 0 Å². The Balaban J connectivity index is 1.34. The maximum absolute atomic E-state index is 13.1. The Morgan fingerprint density at radius 1 is 0.718 bits per heavy atom. The number of nitrogens with one attached hydrogen (secondary N) is 2. The van der Waals surface area contributed by atoms with Crippen LogP contribution in [0.2, 0.25) is 0 Å². The number of benzene rings is 4. The molecule has 8 heteroatoms. The zero-order chi connectivity index (χ0) is 27.6. The van der Waals surface area contributed by atoms with Crippen LogP contribution in [0.4, 0.5) is 21.9 Å². The third-order valence-corrected chi connectivity index (χ3v) is 6.11. The molecule has 0 aromatic heterocycles.